The highest BCUT2D eigenvalue weighted by molar-refractivity contribution is 5.99. The summed E-state index contributed by atoms with van der Waals surface area (Å²) in [4.78, 5) is 25.2. The molecule has 4 aliphatic rings. The topological polar surface area (TPSA) is 94.8 Å². The first-order valence-electron chi connectivity index (χ1n) is 13.4. The van der Waals surface area contributed by atoms with Gasteiger partial charge in [0.25, 0.3) is 0 Å². The predicted octanol–water partition coefficient (Wildman–Crippen LogP) is 5.16. The third-order valence-electron chi connectivity index (χ3n) is 10.9. The van der Waals surface area contributed by atoms with Crippen LogP contribution in [0.1, 0.15) is 86.0 Å². The molecule has 0 spiro atoms. The minimum Gasteiger partial charge on any atom is -0.481 e. The fraction of sp³-hybridized carbons (Fsp3) is 0.793. The number of hydrogen-bond donors (Lipinski definition) is 3. The van der Waals surface area contributed by atoms with E-state index in [1.807, 2.05) is 0 Å². The number of rotatable bonds is 6. The van der Waals surface area contributed by atoms with Crippen LogP contribution in [0.5, 0.6) is 0 Å². The summed E-state index contributed by atoms with van der Waals surface area (Å²) in [7, 11) is 0. The van der Waals surface area contributed by atoms with E-state index in [2.05, 4.69) is 34.3 Å². The largest absolute Gasteiger partial charge is 0.481 e. The van der Waals surface area contributed by atoms with Crippen LogP contribution >= 0.6 is 0 Å². The summed E-state index contributed by atoms with van der Waals surface area (Å²) in [5.41, 5.74) is 2.28. The van der Waals surface area contributed by atoms with Crippen LogP contribution < -0.4 is 0 Å². The molecule has 0 amide bonds. The Bertz CT molecular complexity index is 904. The van der Waals surface area contributed by atoms with Gasteiger partial charge in [0.05, 0.1) is 18.1 Å². The quantitative estimate of drug-likeness (QED) is 0.464. The van der Waals surface area contributed by atoms with Crippen molar-refractivity contribution in [1.29, 1.82) is 0 Å². The van der Waals surface area contributed by atoms with Crippen molar-refractivity contribution in [2.75, 3.05) is 0 Å². The maximum Gasteiger partial charge on any atom is 0.310 e. The molecule has 5 heteroatoms. The Morgan fingerprint density at radius 2 is 1.85 bits per heavy atom. The summed E-state index contributed by atoms with van der Waals surface area (Å²) in [6.07, 6.45) is 5.35. The van der Waals surface area contributed by atoms with Crippen molar-refractivity contribution >= 4 is 11.8 Å². The van der Waals surface area contributed by atoms with Crippen molar-refractivity contribution in [2.45, 2.75) is 98.2 Å². The van der Waals surface area contributed by atoms with Gasteiger partial charge in [0.1, 0.15) is 0 Å². The fourth-order valence-corrected chi connectivity index (χ4v) is 8.68. The SMILES string of the molecule is C=C(CC[C@@H](C)C1CCC2C3=C(C(=O)C[C@@]21C)[C@@]1(C)CC[C@H](O)[C@@H](C)C1C[C@H]3O)C(C)C(=O)O. The summed E-state index contributed by atoms with van der Waals surface area (Å²) in [5, 5.41) is 31.2. The Kier molecular flexibility index (Phi) is 6.70. The van der Waals surface area contributed by atoms with E-state index in [1.54, 1.807) is 6.92 Å². The fourth-order valence-electron chi connectivity index (χ4n) is 8.68. The van der Waals surface area contributed by atoms with Gasteiger partial charge in [-0.3, -0.25) is 9.59 Å². The number of carboxylic acid groups (broad SMARTS) is 1. The monoisotopic (exact) mass is 472 g/mol. The molecular formula is C29H44O5. The number of carbonyl (C=O) groups is 2. The molecule has 0 aromatic carbocycles. The number of aliphatic carboxylic acids is 1. The molecule has 0 aromatic rings. The maximum atomic E-state index is 13.9. The number of carbonyl (C=O) groups excluding carboxylic acids is 1. The molecule has 0 aliphatic heterocycles. The first-order valence-corrected chi connectivity index (χ1v) is 13.4. The normalized spacial score (nSPS) is 43.6. The second kappa shape index (κ2) is 8.89. The number of fused-ring (bicyclic) bond motifs is 4. The summed E-state index contributed by atoms with van der Waals surface area (Å²) < 4.78 is 0. The molecule has 4 rings (SSSR count). The zero-order valence-electron chi connectivity index (χ0n) is 21.6. The molecule has 2 fully saturated rings. The zero-order chi connectivity index (χ0) is 25.2. The summed E-state index contributed by atoms with van der Waals surface area (Å²) in [6, 6.07) is 0. The molecular weight excluding hydrogens is 428 g/mol. The van der Waals surface area contributed by atoms with Crippen LogP contribution in [0.25, 0.3) is 0 Å². The highest BCUT2D eigenvalue weighted by Crippen LogP contribution is 2.65. The average Bonchev–Trinajstić information content (AvgIpc) is 3.11. The van der Waals surface area contributed by atoms with E-state index in [0.717, 1.165) is 42.4 Å². The van der Waals surface area contributed by atoms with Crippen LogP contribution in [0.3, 0.4) is 0 Å². The number of carboxylic acids is 1. The lowest BCUT2D eigenvalue weighted by Gasteiger charge is -2.57. The summed E-state index contributed by atoms with van der Waals surface area (Å²) in [5.74, 6) is 0.0224. The standard InChI is InChI=1S/C29H44O5/c1-15(17(3)27(33)34)7-8-16(2)19-9-10-20-25-23(31)13-21-18(4)22(30)11-12-28(21,5)26(25)24(32)14-29(19,20)6/h16-23,30-31H,1,7-14H2,2-6H3,(H,33,34)/t16-,17?,18+,19?,20?,21?,22+,23-,28+,29-/m1/s1. The minimum absolute atomic E-state index is 0.0844. The average molecular weight is 473 g/mol. The third-order valence-corrected chi connectivity index (χ3v) is 10.9. The van der Waals surface area contributed by atoms with Crippen LogP contribution in [-0.2, 0) is 9.59 Å². The van der Waals surface area contributed by atoms with Crippen LogP contribution in [-0.4, -0.2) is 39.3 Å². The van der Waals surface area contributed by atoms with E-state index < -0.39 is 18.0 Å². The smallest absolute Gasteiger partial charge is 0.310 e. The van der Waals surface area contributed by atoms with Crippen molar-refractivity contribution in [2.24, 2.45) is 46.3 Å². The van der Waals surface area contributed by atoms with Crippen molar-refractivity contribution in [1.82, 2.24) is 0 Å². The molecule has 10 atom stereocenters. The molecule has 5 nitrogen and oxygen atoms in total. The van der Waals surface area contributed by atoms with Gasteiger partial charge in [-0.25, -0.2) is 0 Å². The summed E-state index contributed by atoms with van der Waals surface area (Å²) >= 11 is 0. The van der Waals surface area contributed by atoms with Gasteiger partial charge in [-0.1, -0.05) is 39.8 Å². The van der Waals surface area contributed by atoms with Crippen LogP contribution in [0, 0.1) is 46.3 Å². The second-order valence-corrected chi connectivity index (χ2v) is 12.6. The molecule has 34 heavy (non-hydrogen) atoms. The van der Waals surface area contributed by atoms with Gasteiger partial charge in [-0.2, -0.15) is 0 Å². The number of aliphatic hydroxyl groups is 2. The van der Waals surface area contributed by atoms with E-state index in [4.69, 9.17) is 0 Å². The Hall–Kier alpha value is -1.46. The van der Waals surface area contributed by atoms with Gasteiger partial charge >= 0.3 is 5.97 Å². The number of hydrogen-bond acceptors (Lipinski definition) is 4. The van der Waals surface area contributed by atoms with Gasteiger partial charge in [0.2, 0.25) is 0 Å². The van der Waals surface area contributed by atoms with Crippen molar-refractivity contribution < 1.29 is 24.9 Å². The van der Waals surface area contributed by atoms with E-state index in [1.165, 1.54) is 0 Å². The van der Waals surface area contributed by atoms with E-state index in [0.29, 0.717) is 37.5 Å². The Morgan fingerprint density at radius 3 is 2.50 bits per heavy atom. The van der Waals surface area contributed by atoms with Crippen LogP contribution in [0.15, 0.2) is 23.3 Å². The lowest BCUT2D eigenvalue weighted by molar-refractivity contribution is -0.140. The van der Waals surface area contributed by atoms with Gasteiger partial charge in [0, 0.05) is 12.0 Å². The van der Waals surface area contributed by atoms with Crippen molar-refractivity contribution in [3.63, 3.8) is 0 Å². The van der Waals surface area contributed by atoms with Gasteiger partial charge < -0.3 is 15.3 Å². The Labute approximate surface area is 204 Å². The molecule has 3 N–H and O–H groups in total. The lowest BCUT2D eigenvalue weighted by atomic mass is 9.48. The van der Waals surface area contributed by atoms with E-state index in [-0.39, 0.29) is 40.5 Å². The molecule has 0 heterocycles. The summed E-state index contributed by atoms with van der Waals surface area (Å²) in [6.45, 7) is 14.5. The van der Waals surface area contributed by atoms with Crippen molar-refractivity contribution in [3.8, 4) is 0 Å². The number of Topliss-reactive ketones (excluding diaryl/α,β-unsaturated/α-hetero) is 1. The molecule has 2 saturated carbocycles. The van der Waals surface area contributed by atoms with Gasteiger partial charge in [0.15, 0.2) is 5.78 Å². The van der Waals surface area contributed by atoms with Crippen molar-refractivity contribution in [3.05, 3.63) is 23.3 Å². The molecule has 0 aromatic heterocycles. The maximum absolute atomic E-state index is 13.9. The molecule has 4 unspecified atom stereocenters. The van der Waals surface area contributed by atoms with Gasteiger partial charge in [-0.05, 0) is 97.9 Å². The van der Waals surface area contributed by atoms with E-state index >= 15 is 0 Å². The van der Waals surface area contributed by atoms with E-state index in [9.17, 15) is 24.9 Å². The predicted molar refractivity (Wildman–Crippen MR) is 132 cm³/mol. The highest BCUT2D eigenvalue weighted by atomic mass is 16.4. The second-order valence-electron chi connectivity index (χ2n) is 12.6. The molecule has 190 valence electrons. The molecule has 4 aliphatic carbocycles. The zero-order valence-corrected chi connectivity index (χ0v) is 21.6. The third kappa shape index (κ3) is 3.82. The van der Waals surface area contributed by atoms with Crippen LogP contribution in [0.4, 0.5) is 0 Å². The van der Waals surface area contributed by atoms with Gasteiger partial charge in [-0.15, -0.1) is 0 Å². The minimum atomic E-state index is -0.828. The first-order chi connectivity index (χ1) is 15.8. The molecule has 0 bridgehead atoms. The Balaban J connectivity index is 1.60. The number of ketones is 1. The highest BCUT2D eigenvalue weighted by Gasteiger charge is 2.61. The lowest BCUT2D eigenvalue weighted by Crippen LogP contribution is -2.54. The van der Waals surface area contributed by atoms with Crippen LogP contribution in [0.2, 0.25) is 0 Å². The Morgan fingerprint density at radius 1 is 1.18 bits per heavy atom. The number of aliphatic hydroxyl groups excluding tert-OH is 2. The first kappa shape index (κ1) is 25.6. The molecule has 0 saturated heterocycles. The molecule has 0 radical (unpaired) electrons. The number of allylic oxidation sites excluding steroid dienone is 1.